The molecule has 1 saturated heterocycles. The van der Waals surface area contributed by atoms with Gasteiger partial charge in [0.15, 0.2) is 0 Å². The third-order valence-electron chi connectivity index (χ3n) is 3.98. The van der Waals surface area contributed by atoms with Gasteiger partial charge < -0.3 is 10.6 Å². The van der Waals surface area contributed by atoms with Crippen molar-refractivity contribution in [2.75, 3.05) is 13.1 Å². The third kappa shape index (κ3) is 2.89. The van der Waals surface area contributed by atoms with E-state index in [-0.39, 0.29) is 29.6 Å². The van der Waals surface area contributed by atoms with Crippen molar-refractivity contribution in [2.45, 2.75) is 45.6 Å². The van der Waals surface area contributed by atoms with Gasteiger partial charge >= 0.3 is 0 Å². The van der Waals surface area contributed by atoms with Gasteiger partial charge in [-0.15, -0.1) is 12.4 Å². The fourth-order valence-electron chi connectivity index (χ4n) is 2.53. The number of carbonyl (C=O) groups is 1. The summed E-state index contributed by atoms with van der Waals surface area (Å²) in [6.07, 6.45) is 4.96. The Hall–Kier alpha value is -0.280. The number of hydrogen-bond acceptors (Lipinski definition) is 2. The summed E-state index contributed by atoms with van der Waals surface area (Å²) in [7, 11) is 0. The fourth-order valence-corrected chi connectivity index (χ4v) is 2.53. The summed E-state index contributed by atoms with van der Waals surface area (Å²) in [4.78, 5) is 11.8. The highest BCUT2D eigenvalue weighted by atomic mass is 35.5. The van der Waals surface area contributed by atoms with Gasteiger partial charge in [-0.3, -0.25) is 4.79 Å². The minimum Gasteiger partial charge on any atom is -0.353 e. The zero-order valence-corrected chi connectivity index (χ0v) is 11.0. The molecule has 0 radical (unpaired) electrons. The van der Waals surface area contributed by atoms with Gasteiger partial charge in [0, 0.05) is 19.1 Å². The molecule has 1 unspecified atom stereocenters. The average Bonchev–Trinajstić information content (AvgIpc) is 2.05. The summed E-state index contributed by atoms with van der Waals surface area (Å²) in [6.45, 7) is 6.27. The Morgan fingerprint density at radius 1 is 1.31 bits per heavy atom. The molecule has 0 aromatic heterocycles. The fraction of sp³-hybridized carbons (Fsp3) is 0.917. The third-order valence-corrected chi connectivity index (χ3v) is 3.98. The van der Waals surface area contributed by atoms with E-state index >= 15 is 0 Å². The first-order valence-corrected chi connectivity index (χ1v) is 6.11. The van der Waals surface area contributed by atoms with Crippen LogP contribution in [0.4, 0.5) is 0 Å². The van der Waals surface area contributed by atoms with Crippen LogP contribution in [0, 0.1) is 11.3 Å². The molecule has 0 aromatic carbocycles. The Morgan fingerprint density at radius 2 is 2.00 bits per heavy atom. The maximum Gasteiger partial charge on any atom is 0.225 e. The first-order valence-electron chi connectivity index (χ1n) is 6.11. The molecule has 94 valence electrons. The lowest BCUT2D eigenvalue weighted by Crippen LogP contribution is -2.55. The van der Waals surface area contributed by atoms with Crippen LogP contribution in [0.3, 0.4) is 0 Å². The molecule has 2 fully saturated rings. The summed E-state index contributed by atoms with van der Waals surface area (Å²) in [5.74, 6) is 0.483. The lowest BCUT2D eigenvalue weighted by atomic mass is 9.73. The smallest absolute Gasteiger partial charge is 0.225 e. The minimum atomic E-state index is 0. The Kier molecular flexibility index (Phi) is 4.62. The molecule has 3 nitrogen and oxygen atoms in total. The van der Waals surface area contributed by atoms with Crippen LogP contribution in [0.25, 0.3) is 0 Å². The highest BCUT2D eigenvalue weighted by Crippen LogP contribution is 2.35. The number of rotatable bonds is 2. The van der Waals surface area contributed by atoms with Crippen molar-refractivity contribution in [2.24, 2.45) is 11.3 Å². The SMILES string of the molecule is CC1(C)CCCCC1NC(=O)C1CNC1.Cl. The molecule has 1 amide bonds. The van der Waals surface area contributed by atoms with Crippen molar-refractivity contribution in [3.63, 3.8) is 0 Å². The van der Waals surface area contributed by atoms with Crippen LogP contribution in [0.2, 0.25) is 0 Å². The Morgan fingerprint density at radius 3 is 2.50 bits per heavy atom. The molecule has 2 rings (SSSR count). The van der Waals surface area contributed by atoms with E-state index in [0.29, 0.717) is 6.04 Å². The molecule has 2 aliphatic rings. The molecule has 0 spiro atoms. The average molecular weight is 247 g/mol. The molecule has 0 bridgehead atoms. The number of amides is 1. The molecule has 1 saturated carbocycles. The predicted octanol–water partition coefficient (Wildman–Crippen LogP) is 1.71. The topological polar surface area (TPSA) is 41.1 Å². The molecule has 2 N–H and O–H groups in total. The molecule has 1 atom stereocenters. The van der Waals surface area contributed by atoms with Crippen molar-refractivity contribution in [1.82, 2.24) is 10.6 Å². The maximum absolute atomic E-state index is 11.8. The second kappa shape index (κ2) is 5.37. The molecular weight excluding hydrogens is 224 g/mol. The summed E-state index contributed by atoms with van der Waals surface area (Å²) < 4.78 is 0. The quantitative estimate of drug-likeness (QED) is 0.779. The van der Waals surface area contributed by atoms with Gasteiger partial charge in [0.25, 0.3) is 0 Å². The number of hydrogen-bond donors (Lipinski definition) is 2. The van der Waals surface area contributed by atoms with E-state index in [0.717, 1.165) is 19.5 Å². The molecule has 1 aliphatic heterocycles. The highest BCUT2D eigenvalue weighted by molar-refractivity contribution is 5.85. The summed E-state index contributed by atoms with van der Waals surface area (Å²) in [5.41, 5.74) is 0.283. The van der Waals surface area contributed by atoms with Crippen LogP contribution in [-0.2, 0) is 4.79 Å². The normalized spacial score (nSPS) is 28.8. The van der Waals surface area contributed by atoms with Crippen LogP contribution in [0.1, 0.15) is 39.5 Å². The second-order valence-electron chi connectivity index (χ2n) is 5.65. The largest absolute Gasteiger partial charge is 0.353 e. The number of nitrogens with one attached hydrogen (secondary N) is 2. The number of halogens is 1. The summed E-state index contributed by atoms with van der Waals surface area (Å²) in [5, 5.41) is 6.37. The summed E-state index contributed by atoms with van der Waals surface area (Å²) in [6, 6.07) is 0.388. The first-order chi connectivity index (χ1) is 7.09. The monoisotopic (exact) mass is 246 g/mol. The van der Waals surface area contributed by atoms with Gasteiger partial charge in [0.05, 0.1) is 5.92 Å². The molecule has 16 heavy (non-hydrogen) atoms. The molecular formula is C12H23ClN2O. The van der Waals surface area contributed by atoms with Gasteiger partial charge in [-0.2, -0.15) is 0 Å². The Bertz CT molecular complexity index is 251. The maximum atomic E-state index is 11.8. The van der Waals surface area contributed by atoms with Crippen LogP contribution >= 0.6 is 12.4 Å². The molecule has 1 heterocycles. The van der Waals surface area contributed by atoms with Crippen LogP contribution in [0.15, 0.2) is 0 Å². The first kappa shape index (κ1) is 13.8. The van der Waals surface area contributed by atoms with Crippen LogP contribution in [-0.4, -0.2) is 25.0 Å². The van der Waals surface area contributed by atoms with Crippen molar-refractivity contribution in [1.29, 1.82) is 0 Å². The molecule has 1 aliphatic carbocycles. The van der Waals surface area contributed by atoms with Crippen molar-refractivity contribution >= 4 is 18.3 Å². The van der Waals surface area contributed by atoms with Gasteiger partial charge in [-0.05, 0) is 18.3 Å². The van der Waals surface area contributed by atoms with E-state index in [1.165, 1.54) is 19.3 Å². The minimum absolute atomic E-state index is 0. The molecule has 0 aromatic rings. The lowest BCUT2D eigenvalue weighted by molar-refractivity contribution is -0.128. The lowest BCUT2D eigenvalue weighted by Gasteiger charge is -2.40. The molecule has 4 heteroatoms. The zero-order valence-electron chi connectivity index (χ0n) is 10.2. The van der Waals surface area contributed by atoms with Gasteiger partial charge in [0.2, 0.25) is 5.91 Å². The van der Waals surface area contributed by atoms with E-state index in [1.54, 1.807) is 0 Å². The van der Waals surface area contributed by atoms with Crippen molar-refractivity contribution in [3.8, 4) is 0 Å². The number of carbonyl (C=O) groups excluding carboxylic acids is 1. The second-order valence-corrected chi connectivity index (χ2v) is 5.65. The standard InChI is InChI=1S/C12H22N2O.ClH/c1-12(2)6-4-3-5-10(12)14-11(15)9-7-13-8-9;/h9-10,13H,3-8H2,1-2H3,(H,14,15);1H. The van der Waals surface area contributed by atoms with E-state index in [9.17, 15) is 4.79 Å². The van der Waals surface area contributed by atoms with E-state index < -0.39 is 0 Å². The highest BCUT2D eigenvalue weighted by Gasteiger charge is 2.35. The van der Waals surface area contributed by atoms with Crippen LogP contribution in [0.5, 0.6) is 0 Å². The van der Waals surface area contributed by atoms with Crippen molar-refractivity contribution < 1.29 is 4.79 Å². The van der Waals surface area contributed by atoms with Gasteiger partial charge in [-0.25, -0.2) is 0 Å². The van der Waals surface area contributed by atoms with E-state index in [4.69, 9.17) is 0 Å². The van der Waals surface area contributed by atoms with E-state index in [1.807, 2.05) is 0 Å². The zero-order chi connectivity index (χ0) is 10.9. The van der Waals surface area contributed by atoms with E-state index in [2.05, 4.69) is 24.5 Å². The Balaban J connectivity index is 0.00000128. The van der Waals surface area contributed by atoms with Crippen molar-refractivity contribution in [3.05, 3.63) is 0 Å². The van der Waals surface area contributed by atoms with Crippen LogP contribution < -0.4 is 10.6 Å². The predicted molar refractivity (Wildman–Crippen MR) is 67.8 cm³/mol. The summed E-state index contributed by atoms with van der Waals surface area (Å²) >= 11 is 0. The van der Waals surface area contributed by atoms with Gasteiger partial charge in [0.1, 0.15) is 0 Å². The Labute approximate surface area is 104 Å². The van der Waals surface area contributed by atoms with Gasteiger partial charge in [-0.1, -0.05) is 26.7 Å².